The fourth-order valence-corrected chi connectivity index (χ4v) is 2.26. The largest absolute Gasteiger partial charge is 0.389 e. The smallest absolute Gasteiger partial charge is 0.0898 e. The van der Waals surface area contributed by atoms with Crippen LogP contribution in [0.4, 0.5) is 0 Å². The average molecular weight is 279 g/mol. The second kappa shape index (κ2) is 9.11. The molecule has 2 N–H and O–H groups in total. The quantitative estimate of drug-likeness (QED) is 0.729. The standard InChI is InChI=1S/C17H29NO2/c1-13(2)10-14(3)18-11-17(19)12-20-15(4)16-8-6-5-7-9-16/h5-9,13-15,17-19H,10-12H2,1-4H3. The first kappa shape index (κ1) is 17.2. The van der Waals surface area contributed by atoms with Crippen molar-refractivity contribution in [3.8, 4) is 0 Å². The number of hydrogen-bond acceptors (Lipinski definition) is 3. The fourth-order valence-electron chi connectivity index (χ4n) is 2.26. The van der Waals surface area contributed by atoms with E-state index in [0.29, 0.717) is 25.1 Å². The lowest BCUT2D eigenvalue weighted by molar-refractivity contribution is -0.00290. The predicted octanol–water partition coefficient (Wildman–Crippen LogP) is 3.15. The van der Waals surface area contributed by atoms with Crippen LogP contribution in [0.25, 0.3) is 0 Å². The van der Waals surface area contributed by atoms with Crippen LogP contribution >= 0.6 is 0 Å². The van der Waals surface area contributed by atoms with Crippen molar-refractivity contribution in [3.05, 3.63) is 35.9 Å². The molecule has 20 heavy (non-hydrogen) atoms. The van der Waals surface area contributed by atoms with Crippen LogP contribution in [-0.4, -0.2) is 30.4 Å². The summed E-state index contributed by atoms with van der Waals surface area (Å²) in [6, 6.07) is 10.5. The van der Waals surface area contributed by atoms with E-state index in [-0.39, 0.29) is 6.10 Å². The summed E-state index contributed by atoms with van der Waals surface area (Å²) < 4.78 is 5.71. The summed E-state index contributed by atoms with van der Waals surface area (Å²) in [4.78, 5) is 0. The van der Waals surface area contributed by atoms with Gasteiger partial charge in [-0.1, -0.05) is 44.2 Å². The van der Waals surface area contributed by atoms with Gasteiger partial charge >= 0.3 is 0 Å². The first-order chi connectivity index (χ1) is 9.49. The minimum Gasteiger partial charge on any atom is -0.389 e. The predicted molar refractivity (Wildman–Crippen MR) is 83.7 cm³/mol. The Labute approximate surface area is 123 Å². The van der Waals surface area contributed by atoms with Gasteiger partial charge in [-0.3, -0.25) is 0 Å². The Bertz CT molecular complexity index is 353. The van der Waals surface area contributed by atoms with Crippen LogP contribution in [0.3, 0.4) is 0 Å². The first-order valence-electron chi connectivity index (χ1n) is 7.57. The van der Waals surface area contributed by atoms with Crippen LogP contribution in [-0.2, 0) is 4.74 Å². The van der Waals surface area contributed by atoms with Gasteiger partial charge in [-0.25, -0.2) is 0 Å². The molecule has 1 rings (SSSR count). The highest BCUT2D eigenvalue weighted by Gasteiger charge is 2.11. The summed E-state index contributed by atoms with van der Waals surface area (Å²) in [7, 11) is 0. The fraction of sp³-hybridized carbons (Fsp3) is 0.647. The van der Waals surface area contributed by atoms with Crippen LogP contribution in [0.5, 0.6) is 0 Å². The Kier molecular flexibility index (Phi) is 7.82. The van der Waals surface area contributed by atoms with Gasteiger partial charge in [-0.15, -0.1) is 0 Å². The van der Waals surface area contributed by atoms with Crippen molar-refractivity contribution in [3.63, 3.8) is 0 Å². The van der Waals surface area contributed by atoms with Crippen molar-refractivity contribution in [1.82, 2.24) is 5.32 Å². The Morgan fingerprint density at radius 1 is 1.10 bits per heavy atom. The second-order valence-electron chi connectivity index (χ2n) is 5.98. The summed E-state index contributed by atoms with van der Waals surface area (Å²) in [5.74, 6) is 0.670. The minimum absolute atomic E-state index is 0.0129. The summed E-state index contributed by atoms with van der Waals surface area (Å²) in [6.07, 6.45) is 0.670. The van der Waals surface area contributed by atoms with Crippen molar-refractivity contribution in [2.75, 3.05) is 13.2 Å². The third-order valence-corrected chi connectivity index (χ3v) is 3.33. The lowest BCUT2D eigenvalue weighted by Crippen LogP contribution is -2.36. The molecule has 1 aromatic rings. The Balaban J connectivity index is 2.21. The molecular formula is C17H29NO2. The lowest BCUT2D eigenvalue weighted by atomic mass is 10.1. The Morgan fingerprint density at radius 2 is 1.75 bits per heavy atom. The van der Waals surface area contributed by atoms with E-state index in [9.17, 15) is 5.11 Å². The van der Waals surface area contributed by atoms with Gasteiger partial charge in [-0.05, 0) is 31.7 Å². The van der Waals surface area contributed by atoms with Crippen molar-refractivity contribution in [2.24, 2.45) is 5.92 Å². The molecule has 1 aromatic carbocycles. The van der Waals surface area contributed by atoms with Crippen molar-refractivity contribution in [1.29, 1.82) is 0 Å². The summed E-state index contributed by atoms with van der Waals surface area (Å²) >= 11 is 0. The topological polar surface area (TPSA) is 41.5 Å². The van der Waals surface area contributed by atoms with Crippen LogP contribution < -0.4 is 5.32 Å². The molecule has 3 atom stereocenters. The minimum atomic E-state index is -0.462. The average Bonchev–Trinajstić information content (AvgIpc) is 2.42. The molecule has 3 heteroatoms. The van der Waals surface area contributed by atoms with Crippen LogP contribution in [0, 0.1) is 5.92 Å². The molecule has 0 spiro atoms. The molecule has 114 valence electrons. The number of nitrogens with one attached hydrogen (secondary N) is 1. The molecule has 3 unspecified atom stereocenters. The molecule has 0 bridgehead atoms. The van der Waals surface area contributed by atoms with Gasteiger partial charge in [-0.2, -0.15) is 0 Å². The maximum Gasteiger partial charge on any atom is 0.0898 e. The summed E-state index contributed by atoms with van der Waals surface area (Å²) in [6.45, 7) is 9.52. The molecule has 0 amide bonds. The van der Waals surface area contributed by atoms with Gasteiger partial charge < -0.3 is 15.2 Å². The first-order valence-corrected chi connectivity index (χ1v) is 7.57. The Hall–Kier alpha value is -0.900. The molecule has 0 saturated heterocycles. The van der Waals surface area contributed by atoms with Gasteiger partial charge in [0, 0.05) is 12.6 Å². The van der Waals surface area contributed by atoms with E-state index in [4.69, 9.17) is 4.74 Å². The lowest BCUT2D eigenvalue weighted by Gasteiger charge is -2.20. The van der Waals surface area contributed by atoms with E-state index < -0.39 is 6.10 Å². The van der Waals surface area contributed by atoms with Gasteiger partial charge in [0.25, 0.3) is 0 Å². The third-order valence-electron chi connectivity index (χ3n) is 3.33. The van der Waals surface area contributed by atoms with Gasteiger partial charge in [0.2, 0.25) is 0 Å². The van der Waals surface area contributed by atoms with Gasteiger partial charge in [0.15, 0.2) is 0 Å². The van der Waals surface area contributed by atoms with Crippen molar-refractivity contribution >= 4 is 0 Å². The number of ether oxygens (including phenoxy) is 1. The second-order valence-corrected chi connectivity index (χ2v) is 5.98. The zero-order chi connectivity index (χ0) is 15.0. The number of aliphatic hydroxyl groups excluding tert-OH is 1. The number of benzene rings is 1. The molecular weight excluding hydrogens is 250 g/mol. The van der Waals surface area contributed by atoms with Gasteiger partial charge in [0.1, 0.15) is 0 Å². The van der Waals surface area contributed by atoms with Crippen molar-refractivity contribution in [2.45, 2.75) is 52.4 Å². The van der Waals surface area contributed by atoms with E-state index in [2.05, 4.69) is 26.1 Å². The highest BCUT2D eigenvalue weighted by atomic mass is 16.5. The third kappa shape index (κ3) is 7.04. The van der Waals surface area contributed by atoms with E-state index in [1.807, 2.05) is 37.3 Å². The zero-order valence-electron chi connectivity index (χ0n) is 13.2. The zero-order valence-corrected chi connectivity index (χ0v) is 13.2. The SMILES string of the molecule is CC(C)CC(C)NCC(O)COC(C)c1ccccc1. The van der Waals surface area contributed by atoms with E-state index in [0.717, 1.165) is 12.0 Å². The molecule has 3 nitrogen and oxygen atoms in total. The van der Waals surface area contributed by atoms with E-state index in [1.165, 1.54) is 0 Å². The molecule has 0 saturated carbocycles. The van der Waals surface area contributed by atoms with Crippen LogP contribution in [0.2, 0.25) is 0 Å². The maximum absolute atomic E-state index is 9.94. The van der Waals surface area contributed by atoms with Crippen molar-refractivity contribution < 1.29 is 9.84 Å². The number of rotatable bonds is 9. The molecule has 0 fully saturated rings. The van der Waals surface area contributed by atoms with Crippen LogP contribution in [0.1, 0.15) is 45.8 Å². The molecule has 0 aromatic heterocycles. The number of hydrogen-bond donors (Lipinski definition) is 2. The Morgan fingerprint density at radius 3 is 2.35 bits per heavy atom. The normalized spacial score (nSPS) is 16.1. The monoisotopic (exact) mass is 279 g/mol. The van der Waals surface area contributed by atoms with E-state index in [1.54, 1.807) is 0 Å². The molecule has 0 heterocycles. The number of aliphatic hydroxyl groups is 1. The summed E-state index contributed by atoms with van der Waals surface area (Å²) in [5, 5.41) is 13.3. The molecule has 0 aliphatic carbocycles. The van der Waals surface area contributed by atoms with Crippen LogP contribution in [0.15, 0.2) is 30.3 Å². The molecule has 0 aliphatic heterocycles. The maximum atomic E-state index is 9.94. The summed E-state index contributed by atoms with van der Waals surface area (Å²) in [5.41, 5.74) is 1.14. The van der Waals surface area contributed by atoms with E-state index >= 15 is 0 Å². The molecule has 0 aliphatic rings. The van der Waals surface area contributed by atoms with Gasteiger partial charge in [0.05, 0.1) is 18.8 Å². The highest BCUT2D eigenvalue weighted by molar-refractivity contribution is 5.16. The highest BCUT2D eigenvalue weighted by Crippen LogP contribution is 2.15. The molecule has 0 radical (unpaired) electrons.